The molecule has 0 fully saturated rings. The zero-order valence-electron chi connectivity index (χ0n) is 11.4. The number of rotatable bonds is 3. The molecule has 20 heavy (non-hydrogen) atoms. The molecule has 0 spiro atoms. The molecule has 0 bridgehead atoms. The maximum Gasteiger partial charge on any atom is 0.256 e. The summed E-state index contributed by atoms with van der Waals surface area (Å²) in [6.07, 6.45) is 0. The van der Waals surface area contributed by atoms with Crippen molar-refractivity contribution in [2.75, 3.05) is 5.32 Å². The molecule has 2 aromatic rings. The first kappa shape index (κ1) is 14.2. The second-order valence-corrected chi connectivity index (χ2v) is 4.61. The van der Waals surface area contributed by atoms with Crippen LogP contribution in [0.25, 0.3) is 0 Å². The van der Waals surface area contributed by atoms with E-state index in [0.29, 0.717) is 17.1 Å². The molecular formula is C14H15F2N3O. The monoisotopic (exact) mass is 279 g/mol. The Labute approximate surface area is 114 Å². The lowest BCUT2D eigenvalue weighted by atomic mass is 10.1. The molecule has 0 radical (unpaired) electrons. The van der Waals surface area contributed by atoms with Gasteiger partial charge in [-0.05, 0) is 32.9 Å². The van der Waals surface area contributed by atoms with E-state index in [0.717, 1.165) is 12.1 Å². The zero-order valence-corrected chi connectivity index (χ0v) is 11.4. The van der Waals surface area contributed by atoms with E-state index in [4.69, 9.17) is 0 Å². The fraction of sp³-hybridized carbons (Fsp3) is 0.286. The fourth-order valence-electron chi connectivity index (χ4n) is 2.17. The summed E-state index contributed by atoms with van der Waals surface area (Å²) in [6.45, 7) is 5.01. The van der Waals surface area contributed by atoms with Crippen LogP contribution < -0.4 is 10.9 Å². The molecule has 1 aromatic carbocycles. The van der Waals surface area contributed by atoms with Crippen molar-refractivity contribution in [1.82, 2.24) is 9.97 Å². The number of H-pyrrole nitrogens is 1. The van der Waals surface area contributed by atoms with Crippen molar-refractivity contribution in [1.29, 1.82) is 0 Å². The van der Waals surface area contributed by atoms with Crippen LogP contribution in [-0.2, 0) is 0 Å². The number of anilines is 1. The topological polar surface area (TPSA) is 57.8 Å². The van der Waals surface area contributed by atoms with E-state index < -0.39 is 17.7 Å². The van der Waals surface area contributed by atoms with E-state index in [-0.39, 0.29) is 11.2 Å². The van der Waals surface area contributed by atoms with Gasteiger partial charge in [-0.25, -0.2) is 13.8 Å². The molecule has 0 aliphatic carbocycles. The minimum absolute atomic E-state index is 0.251. The lowest BCUT2D eigenvalue weighted by Gasteiger charge is -2.17. The zero-order chi connectivity index (χ0) is 14.9. The van der Waals surface area contributed by atoms with Crippen LogP contribution in [-0.4, -0.2) is 9.97 Å². The summed E-state index contributed by atoms with van der Waals surface area (Å²) in [6, 6.07) is 3.02. The molecule has 0 saturated carbocycles. The van der Waals surface area contributed by atoms with Crippen LogP contribution in [0, 0.1) is 25.5 Å². The summed E-state index contributed by atoms with van der Waals surface area (Å²) < 4.78 is 27.2. The summed E-state index contributed by atoms with van der Waals surface area (Å²) in [5.74, 6) is -0.905. The summed E-state index contributed by atoms with van der Waals surface area (Å²) in [7, 11) is 0. The van der Waals surface area contributed by atoms with Crippen molar-refractivity contribution < 1.29 is 8.78 Å². The van der Waals surface area contributed by atoms with Crippen LogP contribution in [0.1, 0.15) is 30.0 Å². The molecule has 1 unspecified atom stereocenters. The van der Waals surface area contributed by atoms with E-state index in [9.17, 15) is 13.6 Å². The molecule has 2 N–H and O–H groups in total. The number of nitrogens with zero attached hydrogens (tertiary/aromatic N) is 1. The summed E-state index contributed by atoms with van der Waals surface area (Å²) in [4.78, 5) is 18.7. The molecule has 2 rings (SSSR count). The Balaban J connectivity index is 2.39. The Morgan fingerprint density at radius 2 is 1.85 bits per heavy atom. The molecule has 106 valence electrons. The van der Waals surface area contributed by atoms with Crippen LogP contribution in [0.5, 0.6) is 0 Å². The van der Waals surface area contributed by atoms with Crippen molar-refractivity contribution >= 4 is 5.69 Å². The van der Waals surface area contributed by atoms with Gasteiger partial charge in [0, 0.05) is 0 Å². The summed E-state index contributed by atoms with van der Waals surface area (Å²) >= 11 is 0. The fourth-order valence-corrected chi connectivity index (χ4v) is 2.17. The molecule has 1 heterocycles. The number of benzene rings is 1. The number of nitrogens with one attached hydrogen (secondary N) is 2. The minimum Gasteiger partial charge on any atom is -0.373 e. The SMILES string of the molecule is Cc1nc(C)c(C(C)Nc2c(F)cccc2F)c(=O)[nH]1. The molecule has 0 amide bonds. The molecule has 6 heteroatoms. The van der Waals surface area contributed by atoms with Gasteiger partial charge in [-0.1, -0.05) is 6.07 Å². The largest absolute Gasteiger partial charge is 0.373 e. The first-order valence-electron chi connectivity index (χ1n) is 6.18. The van der Waals surface area contributed by atoms with Gasteiger partial charge in [0.05, 0.1) is 17.3 Å². The first-order chi connectivity index (χ1) is 9.40. The van der Waals surface area contributed by atoms with Gasteiger partial charge in [0.2, 0.25) is 0 Å². The predicted octanol–water partition coefficient (Wildman–Crippen LogP) is 2.84. The first-order valence-corrected chi connectivity index (χ1v) is 6.18. The third-order valence-electron chi connectivity index (χ3n) is 3.02. The van der Waals surface area contributed by atoms with Gasteiger partial charge < -0.3 is 10.3 Å². The second-order valence-electron chi connectivity index (χ2n) is 4.61. The Kier molecular flexibility index (Phi) is 3.83. The number of halogens is 2. The molecule has 0 aliphatic heterocycles. The predicted molar refractivity (Wildman–Crippen MR) is 72.7 cm³/mol. The highest BCUT2D eigenvalue weighted by atomic mass is 19.1. The van der Waals surface area contributed by atoms with Gasteiger partial charge in [0.15, 0.2) is 0 Å². The molecule has 1 aromatic heterocycles. The Bertz CT molecular complexity index is 677. The average molecular weight is 279 g/mol. The smallest absolute Gasteiger partial charge is 0.256 e. The van der Waals surface area contributed by atoms with E-state index in [1.807, 2.05) is 0 Å². The van der Waals surface area contributed by atoms with Gasteiger partial charge >= 0.3 is 0 Å². The number of aromatic nitrogens is 2. The summed E-state index contributed by atoms with van der Waals surface area (Å²) in [5, 5.41) is 2.69. The van der Waals surface area contributed by atoms with Crippen molar-refractivity contribution in [3.05, 3.63) is 57.3 Å². The maximum atomic E-state index is 13.6. The Hall–Kier alpha value is -2.24. The molecule has 1 atom stereocenters. The van der Waals surface area contributed by atoms with Gasteiger partial charge in [0.25, 0.3) is 5.56 Å². The quantitative estimate of drug-likeness (QED) is 0.908. The van der Waals surface area contributed by atoms with E-state index in [1.54, 1.807) is 20.8 Å². The lowest BCUT2D eigenvalue weighted by molar-refractivity contribution is 0.584. The van der Waals surface area contributed by atoms with Crippen LogP contribution in [0.3, 0.4) is 0 Å². The van der Waals surface area contributed by atoms with Gasteiger partial charge in [-0.15, -0.1) is 0 Å². The minimum atomic E-state index is -0.703. The van der Waals surface area contributed by atoms with Crippen LogP contribution in [0.15, 0.2) is 23.0 Å². The third-order valence-corrected chi connectivity index (χ3v) is 3.02. The van der Waals surface area contributed by atoms with Crippen molar-refractivity contribution in [3.63, 3.8) is 0 Å². The highest BCUT2D eigenvalue weighted by molar-refractivity contribution is 5.48. The van der Waals surface area contributed by atoms with Crippen molar-refractivity contribution in [2.45, 2.75) is 26.8 Å². The van der Waals surface area contributed by atoms with Crippen molar-refractivity contribution in [3.8, 4) is 0 Å². The van der Waals surface area contributed by atoms with E-state index in [2.05, 4.69) is 15.3 Å². The van der Waals surface area contributed by atoms with Crippen LogP contribution in [0.4, 0.5) is 14.5 Å². The third kappa shape index (κ3) is 2.68. The van der Waals surface area contributed by atoms with Crippen LogP contribution in [0.2, 0.25) is 0 Å². The average Bonchev–Trinajstić information content (AvgIpc) is 2.32. The number of hydrogen-bond donors (Lipinski definition) is 2. The number of aromatic amines is 1. The van der Waals surface area contributed by atoms with Gasteiger partial charge in [0.1, 0.15) is 23.1 Å². The number of para-hydroxylation sites is 1. The van der Waals surface area contributed by atoms with E-state index in [1.165, 1.54) is 6.07 Å². The summed E-state index contributed by atoms with van der Waals surface area (Å²) in [5.41, 5.74) is 0.326. The van der Waals surface area contributed by atoms with Crippen LogP contribution >= 0.6 is 0 Å². The normalized spacial score (nSPS) is 12.2. The second kappa shape index (κ2) is 5.40. The molecule has 4 nitrogen and oxygen atoms in total. The van der Waals surface area contributed by atoms with Crippen molar-refractivity contribution in [2.24, 2.45) is 0 Å². The highest BCUT2D eigenvalue weighted by Gasteiger charge is 2.17. The Morgan fingerprint density at radius 3 is 2.40 bits per heavy atom. The lowest BCUT2D eigenvalue weighted by Crippen LogP contribution is -2.24. The standard InChI is InChI=1S/C14H15F2N3O/c1-7-12(14(20)19-9(3)17-7)8(2)18-13-10(15)5-4-6-11(13)16/h4-6,8,18H,1-3H3,(H,17,19,20). The molecule has 0 saturated heterocycles. The van der Waals surface area contributed by atoms with Gasteiger partial charge in [-0.3, -0.25) is 4.79 Å². The maximum absolute atomic E-state index is 13.6. The Morgan fingerprint density at radius 1 is 1.25 bits per heavy atom. The van der Waals surface area contributed by atoms with Gasteiger partial charge in [-0.2, -0.15) is 0 Å². The molecular weight excluding hydrogens is 264 g/mol. The number of hydrogen-bond acceptors (Lipinski definition) is 3. The number of aryl methyl sites for hydroxylation is 2. The molecule has 0 aliphatic rings. The highest BCUT2D eigenvalue weighted by Crippen LogP contribution is 2.23. The van der Waals surface area contributed by atoms with E-state index >= 15 is 0 Å².